The van der Waals surface area contributed by atoms with Crippen LogP contribution in [0.4, 0.5) is 13.2 Å². The summed E-state index contributed by atoms with van der Waals surface area (Å²) in [6.45, 7) is 1.89. The molecule has 0 saturated heterocycles. The molecular weight excluding hydrogens is 487 g/mol. The summed E-state index contributed by atoms with van der Waals surface area (Å²) in [7, 11) is 0. The molecule has 152 valence electrons. The lowest BCUT2D eigenvalue weighted by Gasteiger charge is -2.11. The molecule has 0 aliphatic heterocycles. The molecule has 0 N–H and O–H groups in total. The summed E-state index contributed by atoms with van der Waals surface area (Å²) in [5.41, 5.74) is 0.974. The maximum absolute atomic E-state index is 12.8. The van der Waals surface area contributed by atoms with Crippen LogP contribution in [0.5, 0.6) is 0 Å². The second-order valence-electron chi connectivity index (χ2n) is 5.98. The monoisotopic (exact) mass is 501 g/mol. The molecule has 0 fully saturated rings. The van der Waals surface area contributed by atoms with Gasteiger partial charge in [-0.15, -0.1) is 11.3 Å². The van der Waals surface area contributed by atoms with E-state index in [2.05, 4.69) is 33.5 Å². The molecule has 0 spiro atoms. The zero-order chi connectivity index (χ0) is 21.2. The first kappa shape index (κ1) is 21.9. The number of alkyl halides is 3. The number of esters is 1. The van der Waals surface area contributed by atoms with E-state index in [-0.39, 0.29) is 11.5 Å². The fraction of sp³-hybridized carbons (Fsp3) is 0.200. The van der Waals surface area contributed by atoms with Gasteiger partial charge in [0.15, 0.2) is 0 Å². The van der Waals surface area contributed by atoms with Crippen LogP contribution >= 0.6 is 39.9 Å². The molecule has 0 radical (unpaired) electrons. The Labute approximate surface area is 183 Å². The summed E-state index contributed by atoms with van der Waals surface area (Å²) >= 11 is 9.07. The van der Waals surface area contributed by atoms with Crippen molar-refractivity contribution >= 4 is 45.9 Å². The highest BCUT2D eigenvalue weighted by atomic mass is 79.9. The number of thiazole rings is 1. The minimum atomic E-state index is -4.42. The van der Waals surface area contributed by atoms with E-state index in [1.54, 1.807) is 6.92 Å². The number of carbonyl (C=O) groups is 1. The zero-order valence-electron chi connectivity index (χ0n) is 15.0. The van der Waals surface area contributed by atoms with Gasteiger partial charge < -0.3 is 4.74 Å². The lowest BCUT2D eigenvalue weighted by atomic mass is 10.1. The van der Waals surface area contributed by atoms with Crippen LogP contribution in [0.25, 0.3) is 10.6 Å². The van der Waals surface area contributed by atoms with E-state index in [9.17, 15) is 18.0 Å². The first-order valence-electron chi connectivity index (χ1n) is 8.49. The molecule has 9 heteroatoms. The van der Waals surface area contributed by atoms with Gasteiger partial charge in [0.1, 0.15) is 9.88 Å². The first-order chi connectivity index (χ1) is 13.7. The minimum Gasteiger partial charge on any atom is -0.462 e. The first-order valence-corrected chi connectivity index (χ1v) is 10.6. The second kappa shape index (κ2) is 8.89. The molecule has 1 aromatic heterocycles. The Morgan fingerprint density at radius 2 is 1.79 bits per heavy atom. The third-order valence-corrected chi connectivity index (χ3v) is 6.19. The van der Waals surface area contributed by atoms with Gasteiger partial charge in [-0.3, -0.25) is 0 Å². The van der Waals surface area contributed by atoms with Crippen LogP contribution in [-0.2, 0) is 10.9 Å². The molecule has 0 aliphatic rings. The normalized spacial score (nSPS) is 12.6. The summed E-state index contributed by atoms with van der Waals surface area (Å²) < 4.78 is 44.5. The van der Waals surface area contributed by atoms with Gasteiger partial charge in [-0.2, -0.15) is 25.8 Å². The number of carbonyl (C=O) groups excluding carboxylic acids is 1. The van der Waals surface area contributed by atoms with E-state index in [1.807, 2.05) is 24.3 Å². The highest BCUT2D eigenvalue weighted by Gasteiger charge is 2.30. The Kier molecular flexibility index (Phi) is 6.70. The second-order valence-corrected chi connectivity index (χ2v) is 8.41. The van der Waals surface area contributed by atoms with E-state index in [0.29, 0.717) is 16.3 Å². The van der Waals surface area contributed by atoms with Crippen molar-refractivity contribution < 1.29 is 22.7 Å². The zero-order valence-corrected chi connectivity index (χ0v) is 18.3. The van der Waals surface area contributed by atoms with Gasteiger partial charge in [-0.1, -0.05) is 40.2 Å². The molecule has 0 bridgehead atoms. The largest absolute Gasteiger partial charge is 0.462 e. The van der Waals surface area contributed by atoms with E-state index in [1.165, 1.54) is 12.1 Å². The predicted octanol–water partition coefficient (Wildman–Crippen LogP) is 6.79. The maximum Gasteiger partial charge on any atom is 0.416 e. The smallest absolute Gasteiger partial charge is 0.416 e. The number of ether oxygens (including phenoxy) is 1. The fourth-order valence-electron chi connectivity index (χ4n) is 2.59. The van der Waals surface area contributed by atoms with Crippen molar-refractivity contribution in [2.24, 2.45) is 0 Å². The van der Waals surface area contributed by atoms with Gasteiger partial charge in [0.05, 0.1) is 23.1 Å². The Morgan fingerprint density at radius 3 is 2.34 bits per heavy atom. The number of rotatable bonds is 5. The molecule has 1 unspecified atom stereocenters. The lowest BCUT2D eigenvalue weighted by Crippen LogP contribution is -2.07. The van der Waals surface area contributed by atoms with Crippen molar-refractivity contribution in [2.45, 2.75) is 18.3 Å². The quantitative estimate of drug-likeness (QED) is 0.309. The third kappa shape index (κ3) is 5.02. The molecule has 1 atom stereocenters. The SMILES string of the molecule is CCOC(=O)c1sc(-c2ccc(C(F)(F)F)cc2)nc1C(S)c1ccc(Br)cc1. The number of hydrogen-bond donors (Lipinski definition) is 1. The number of benzene rings is 2. The van der Waals surface area contributed by atoms with E-state index in [4.69, 9.17) is 4.74 Å². The van der Waals surface area contributed by atoms with Gasteiger partial charge in [0.25, 0.3) is 0 Å². The fourth-order valence-corrected chi connectivity index (χ4v) is 4.30. The molecule has 0 amide bonds. The van der Waals surface area contributed by atoms with Crippen LogP contribution < -0.4 is 0 Å². The Balaban J connectivity index is 2.02. The molecule has 29 heavy (non-hydrogen) atoms. The molecule has 0 aliphatic carbocycles. The number of hydrogen-bond acceptors (Lipinski definition) is 5. The van der Waals surface area contributed by atoms with Crippen molar-refractivity contribution in [1.82, 2.24) is 4.98 Å². The molecule has 0 saturated carbocycles. The minimum absolute atomic E-state index is 0.196. The number of aromatic nitrogens is 1. The Hall–Kier alpha value is -1.84. The van der Waals surface area contributed by atoms with Crippen LogP contribution in [-0.4, -0.2) is 17.6 Å². The van der Waals surface area contributed by atoms with E-state index < -0.39 is 23.0 Å². The van der Waals surface area contributed by atoms with E-state index in [0.717, 1.165) is 33.5 Å². The van der Waals surface area contributed by atoms with Crippen molar-refractivity contribution in [2.75, 3.05) is 6.61 Å². The summed E-state index contributed by atoms with van der Waals surface area (Å²) in [5, 5.41) is -0.0742. The Morgan fingerprint density at radius 1 is 1.17 bits per heavy atom. The summed E-state index contributed by atoms with van der Waals surface area (Å²) in [5.74, 6) is -0.533. The van der Waals surface area contributed by atoms with Crippen LogP contribution in [0.1, 0.15) is 38.7 Å². The predicted molar refractivity (Wildman–Crippen MR) is 113 cm³/mol. The topological polar surface area (TPSA) is 39.2 Å². The van der Waals surface area contributed by atoms with Crippen LogP contribution in [0.15, 0.2) is 53.0 Å². The lowest BCUT2D eigenvalue weighted by molar-refractivity contribution is -0.137. The molecule has 3 aromatic rings. The highest BCUT2D eigenvalue weighted by Crippen LogP contribution is 2.38. The maximum atomic E-state index is 12.8. The van der Waals surface area contributed by atoms with Crippen molar-refractivity contribution in [3.05, 3.63) is 74.7 Å². The number of nitrogens with zero attached hydrogens (tertiary/aromatic N) is 1. The molecule has 2 aromatic carbocycles. The average molecular weight is 502 g/mol. The van der Waals surface area contributed by atoms with Gasteiger partial charge in [-0.25, -0.2) is 9.78 Å². The van der Waals surface area contributed by atoms with Crippen LogP contribution in [0.3, 0.4) is 0 Å². The Bertz CT molecular complexity index is 1000. The van der Waals surface area contributed by atoms with Gasteiger partial charge >= 0.3 is 12.1 Å². The van der Waals surface area contributed by atoms with Crippen LogP contribution in [0.2, 0.25) is 0 Å². The number of thiol groups is 1. The molecule has 3 nitrogen and oxygen atoms in total. The molecule has 3 rings (SSSR count). The van der Waals surface area contributed by atoms with Crippen molar-refractivity contribution in [3.8, 4) is 10.6 Å². The van der Waals surface area contributed by atoms with Crippen LogP contribution in [0, 0.1) is 0 Å². The van der Waals surface area contributed by atoms with Gasteiger partial charge in [-0.05, 0) is 36.8 Å². The molecular formula is C20H15BrF3NO2S2. The highest BCUT2D eigenvalue weighted by molar-refractivity contribution is 9.10. The standard InChI is InChI=1S/C20H15BrF3NO2S2/c1-2-27-19(26)17-15(16(28)11-5-9-14(21)10-6-11)25-18(29-17)12-3-7-13(8-4-12)20(22,23)24/h3-10,16,28H,2H2,1H3. The third-order valence-electron chi connectivity index (χ3n) is 4.02. The summed E-state index contributed by atoms with van der Waals surface area (Å²) in [6.07, 6.45) is -4.42. The van der Waals surface area contributed by atoms with Crippen molar-refractivity contribution in [3.63, 3.8) is 0 Å². The molecule has 1 heterocycles. The average Bonchev–Trinajstić information content (AvgIpc) is 3.13. The summed E-state index contributed by atoms with van der Waals surface area (Å²) in [6, 6.07) is 12.1. The van der Waals surface area contributed by atoms with Gasteiger partial charge in [0.2, 0.25) is 0 Å². The van der Waals surface area contributed by atoms with E-state index >= 15 is 0 Å². The summed E-state index contributed by atoms with van der Waals surface area (Å²) in [4.78, 5) is 17.2. The van der Waals surface area contributed by atoms with Gasteiger partial charge in [0, 0.05) is 10.0 Å². The van der Waals surface area contributed by atoms with Crippen molar-refractivity contribution in [1.29, 1.82) is 0 Å². The number of halogens is 4.